The third kappa shape index (κ3) is 6.60. The van der Waals surface area contributed by atoms with Gasteiger partial charge < -0.3 is 0 Å². The summed E-state index contributed by atoms with van der Waals surface area (Å²) >= 11 is 1.87. The predicted octanol–water partition coefficient (Wildman–Crippen LogP) is 16.6. The molecule has 2 heterocycles. The van der Waals surface area contributed by atoms with Crippen molar-refractivity contribution >= 4 is 31.5 Å². The van der Waals surface area contributed by atoms with Crippen LogP contribution in [0.5, 0.6) is 0 Å². The lowest BCUT2D eigenvalue weighted by Gasteiger charge is -2.33. The van der Waals surface area contributed by atoms with E-state index in [0.29, 0.717) is 17.5 Å². The minimum atomic E-state index is -0.488. The molecule has 0 bridgehead atoms. The van der Waals surface area contributed by atoms with Crippen molar-refractivity contribution in [3.63, 3.8) is 0 Å². The smallest absolute Gasteiger partial charge is 0.164 e. The first kappa shape index (κ1) is 39.8. The van der Waals surface area contributed by atoms with E-state index < -0.39 is 5.41 Å². The Balaban J connectivity index is 0.900. The van der Waals surface area contributed by atoms with Gasteiger partial charge in [-0.05, 0) is 78.9 Å². The van der Waals surface area contributed by atoms with Gasteiger partial charge in [0.05, 0.1) is 5.41 Å². The van der Waals surface area contributed by atoms with Crippen LogP contribution >= 0.6 is 11.3 Å². The van der Waals surface area contributed by atoms with Crippen molar-refractivity contribution in [2.24, 2.45) is 0 Å². The van der Waals surface area contributed by atoms with Crippen LogP contribution in [0.2, 0.25) is 0 Å². The third-order valence-electron chi connectivity index (χ3n) is 13.7. The van der Waals surface area contributed by atoms with E-state index in [9.17, 15) is 0 Å². The molecular weight excluding hydrogens is 843 g/mol. The Morgan fingerprint density at radius 2 is 0.706 bits per heavy atom. The first-order valence-corrected chi connectivity index (χ1v) is 23.9. The average Bonchev–Trinajstić information content (AvgIpc) is 3.96. The first-order chi connectivity index (χ1) is 33.7. The Bertz CT molecular complexity index is 3770. The zero-order chi connectivity index (χ0) is 45.0. The molecule has 0 N–H and O–H groups in total. The number of benzene rings is 10. The molecule has 0 saturated heterocycles. The van der Waals surface area contributed by atoms with Crippen molar-refractivity contribution in [3.8, 4) is 78.7 Å². The van der Waals surface area contributed by atoms with Gasteiger partial charge in [-0.25, -0.2) is 15.0 Å². The van der Waals surface area contributed by atoms with Gasteiger partial charge in [0.1, 0.15) is 0 Å². The SMILES string of the molecule is c1ccc(-c2ccc(-c3nc(-c4ccc(-c5ccc(-c6cccc7c6sc6ccccc67)cc5)cc4)nc(-c4ccc5c(c4)-c4ccccc4C5(c4ccccc4)c4ccccc4)n3)cc2)cc1. The third-order valence-corrected chi connectivity index (χ3v) is 14.9. The number of rotatable bonds is 8. The maximum Gasteiger partial charge on any atom is 0.164 e. The van der Waals surface area contributed by atoms with E-state index in [4.69, 9.17) is 15.0 Å². The molecule has 13 rings (SSSR count). The van der Waals surface area contributed by atoms with Crippen molar-refractivity contribution in [1.29, 1.82) is 0 Å². The second-order valence-electron chi connectivity index (χ2n) is 17.5. The molecule has 0 fully saturated rings. The first-order valence-electron chi connectivity index (χ1n) is 23.1. The summed E-state index contributed by atoms with van der Waals surface area (Å²) in [5.41, 5.74) is 16.7. The number of hydrogen-bond donors (Lipinski definition) is 0. The number of hydrogen-bond acceptors (Lipinski definition) is 4. The van der Waals surface area contributed by atoms with Crippen LogP contribution in [0.4, 0.5) is 0 Å². The molecule has 68 heavy (non-hydrogen) atoms. The quantitative estimate of drug-likeness (QED) is 0.153. The highest BCUT2D eigenvalue weighted by Gasteiger charge is 2.46. The topological polar surface area (TPSA) is 38.7 Å². The normalized spacial score (nSPS) is 12.5. The van der Waals surface area contributed by atoms with Gasteiger partial charge in [-0.3, -0.25) is 0 Å². The summed E-state index contributed by atoms with van der Waals surface area (Å²) in [4.78, 5) is 15.7. The summed E-state index contributed by atoms with van der Waals surface area (Å²) < 4.78 is 2.64. The highest BCUT2D eigenvalue weighted by atomic mass is 32.1. The van der Waals surface area contributed by atoms with Crippen LogP contribution in [-0.2, 0) is 5.41 Å². The minimum Gasteiger partial charge on any atom is -0.208 e. The van der Waals surface area contributed by atoms with Crippen LogP contribution in [-0.4, -0.2) is 15.0 Å². The zero-order valence-corrected chi connectivity index (χ0v) is 37.7. The van der Waals surface area contributed by atoms with E-state index in [1.54, 1.807) is 0 Å². The summed E-state index contributed by atoms with van der Waals surface area (Å²) in [6, 6.07) is 89.3. The van der Waals surface area contributed by atoms with Crippen molar-refractivity contribution in [2.75, 3.05) is 0 Å². The fourth-order valence-electron chi connectivity index (χ4n) is 10.4. The molecule has 0 aliphatic heterocycles. The summed E-state index contributed by atoms with van der Waals surface area (Å²) in [5, 5.41) is 2.63. The zero-order valence-electron chi connectivity index (χ0n) is 36.9. The molecule has 0 spiro atoms. The second kappa shape index (κ2) is 16.4. The molecule has 0 radical (unpaired) electrons. The van der Waals surface area contributed by atoms with Gasteiger partial charge in [0.15, 0.2) is 17.5 Å². The molecule has 10 aromatic carbocycles. The molecule has 0 atom stereocenters. The van der Waals surface area contributed by atoms with Gasteiger partial charge in [0, 0.05) is 36.9 Å². The van der Waals surface area contributed by atoms with Crippen molar-refractivity contribution in [2.45, 2.75) is 5.41 Å². The minimum absolute atomic E-state index is 0.488. The van der Waals surface area contributed by atoms with E-state index in [0.717, 1.165) is 33.4 Å². The predicted molar refractivity (Wildman–Crippen MR) is 283 cm³/mol. The number of fused-ring (bicyclic) bond motifs is 6. The molecule has 1 aliphatic carbocycles. The number of aromatic nitrogens is 3. The molecule has 3 nitrogen and oxygen atoms in total. The Kier molecular flexibility index (Phi) is 9.59. The summed E-state index contributed by atoms with van der Waals surface area (Å²) in [6.45, 7) is 0. The van der Waals surface area contributed by atoms with E-state index in [-0.39, 0.29) is 0 Å². The van der Waals surface area contributed by atoms with Crippen LogP contribution in [0.1, 0.15) is 22.3 Å². The molecule has 0 saturated carbocycles. The van der Waals surface area contributed by atoms with E-state index >= 15 is 0 Å². The summed E-state index contributed by atoms with van der Waals surface area (Å²) in [7, 11) is 0. The molecule has 1 aliphatic rings. The van der Waals surface area contributed by atoms with Crippen LogP contribution in [0.15, 0.2) is 249 Å². The van der Waals surface area contributed by atoms with Crippen molar-refractivity contribution in [1.82, 2.24) is 15.0 Å². The Hall–Kier alpha value is -8.57. The average molecular weight is 884 g/mol. The molecule has 4 heteroatoms. The maximum absolute atomic E-state index is 5.27. The fraction of sp³-hybridized carbons (Fsp3) is 0.0156. The van der Waals surface area contributed by atoms with Gasteiger partial charge >= 0.3 is 0 Å². The molecule has 318 valence electrons. The van der Waals surface area contributed by atoms with Crippen LogP contribution < -0.4 is 0 Å². The molecule has 0 amide bonds. The number of thiophene rings is 1. The monoisotopic (exact) mass is 883 g/mol. The fourth-order valence-corrected chi connectivity index (χ4v) is 11.7. The summed E-state index contributed by atoms with van der Waals surface area (Å²) in [5.74, 6) is 1.88. The Morgan fingerprint density at radius 1 is 0.279 bits per heavy atom. The molecule has 0 unspecified atom stereocenters. The lowest BCUT2D eigenvalue weighted by Crippen LogP contribution is -2.28. The molecular formula is C64H41N3S. The van der Waals surface area contributed by atoms with E-state index in [1.165, 1.54) is 70.2 Å². The van der Waals surface area contributed by atoms with Crippen molar-refractivity contribution in [3.05, 3.63) is 271 Å². The maximum atomic E-state index is 5.27. The van der Waals surface area contributed by atoms with Crippen molar-refractivity contribution < 1.29 is 0 Å². The van der Waals surface area contributed by atoms with Gasteiger partial charge in [-0.2, -0.15) is 0 Å². The van der Waals surface area contributed by atoms with E-state index in [1.807, 2.05) is 17.4 Å². The largest absolute Gasteiger partial charge is 0.208 e. The lowest BCUT2D eigenvalue weighted by atomic mass is 9.67. The molecule has 12 aromatic rings. The van der Waals surface area contributed by atoms with Crippen LogP contribution in [0.3, 0.4) is 0 Å². The standard InChI is InChI=1S/C64H41N3S/c1-4-15-42(16-5-1)43-29-35-47(36-30-43)61-65-62(48-37-31-45(32-38-48)44-27-33-46(34-28-44)52-23-14-24-55-54-22-11-13-26-59(54)68-60(52)55)67-63(66-61)49-39-40-58-56(41-49)53-21-10-12-25-57(53)64(58,50-17-6-2-7-18-50)51-19-8-3-9-20-51/h1-41H. The highest BCUT2D eigenvalue weighted by molar-refractivity contribution is 7.26. The Morgan fingerprint density at radius 3 is 1.32 bits per heavy atom. The van der Waals surface area contributed by atoms with E-state index in [2.05, 4.69) is 243 Å². The lowest BCUT2D eigenvalue weighted by molar-refractivity contribution is 0.768. The van der Waals surface area contributed by atoms with Gasteiger partial charge in [0.2, 0.25) is 0 Å². The second-order valence-corrected chi connectivity index (χ2v) is 18.5. The van der Waals surface area contributed by atoms with Crippen LogP contribution in [0.25, 0.3) is 98.8 Å². The van der Waals surface area contributed by atoms with Gasteiger partial charge in [-0.15, -0.1) is 11.3 Å². The van der Waals surface area contributed by atoms with Crippen LogP contribution in [0, 0.1) is 0 Å². The summed E-state index contributed by atoms with van der Waals surface area (Å²) in [6.07, 6.45) is 0. The number of nitrogens with zero attached hydrogens (tertiary/aromatic N) is 3. The Labute approximate surface area is 399 Å². The van der Waals surface area contributed by atoms with Gasteiger partial charge in [-0.1, -0.05) is 237 Å². The highest BCUT2D eigenvalue weighted by Crippen LogP contribution is 2.56. The molecule has 2 aromatic heterocycles. The van der Waals surface area contributed by atoms with Gasteiger partial charge in [0.25, 0.3) is 0 Å².